The van der Waals surface area contributed by atoms with E-state index in [9.17, 15) is 8.42 Å². The Morgan fingerprint density at radius 3 is 2.79 bits per heavy atom. The Hall–Kier alpha value is -0.590. The quantitative estimate of drug-likeness (QED) is 0.783. The molecular formula is C7H12ClN3O2S. The van der Waals surface area contributed by atoms with Gasteiger partial charge in [0.2, 0.25) is 10.0 Å². The van der Waals surface area contributed by atoms with Crippen molar-refractivity contribution in [3.63, 3.8) is 0 Å². The summed E-state index contributed by atoms with van der Waals surface area (Å²) >= 11 is 5.71. The number of aromatic nitrogens is 2. The Morgan fingerprint density at radius 1 is 1.71 bits per heavy atom. The fourth-order valence-electron chi connectivity index (χ4n) is 1.01. The van der Waals surface area contributed by atoms with Crippen molar-refractivity contribution in [1.29, 1.82) is 0 Å². The van der Waals surface area contributed by atoms with Crippen molar-refractivity contribution in [1.82, 2.24) is 14.5 Å². The van der Waals surface area contributed by atoms with E-state index in [-0.39, 0.29) is 16.8 Å². The van der Waals surface area contributed by atoms with E-state index >= 15 is 0 Å². The summed E-state index contributed by atoms with van der Waals surface area (Å²) in [6, 6.07) is 0. The summed E-state index contributed by atoms with van der Waals surface area (Å²) in [7, 11) is -1.95. The average molecular weight is 238 g/mol. The maximum absolute atomic E-state index is 11.7. The van der Waals surface area contributed by atoms with Crippen LogP contribution in [0.2, 0.25) is 0 Å². The number of nitrogens with one attached hydrogen (secondary N) is 1. The zero-order valence-corrected chi connectivity index (χ0v) is 9.51. The molecule has 1 aromatic heterocycles. The lowest BCUT2D eigenvalue weighted by Gasteiger charge is -2.16. The Kier molecular flexibility index (Phi) is 3.52. The van der Waals surface area contributed by atoms with Gasteiger partial charge in [-0.2, -0.15) is 9.40 Å². The van der Waals surface area contributed by atoms with E-state index in [1.165, 1.54) is 23.7 Å². The van der Waals surface area contributed by atoms with Crippen LogP contribution in [0.1, 0.15) is 6.92 Å². The molecule has 1 aromatic rings. The van der Waals surface area contributed by atoms with Gasteiger partial charge in [0, 0.05) is 25.2 Å². The second kappa shape index (κ2) is 4.29. The number of alkyl halides is 1. The maximum atomic E-state index is 11.7. The highest BCUT2D eigenvalue weighted by Gasteiger charge is 2.22. The molecule has 0 aliphatic heterocycles. The third-order valence-corrected chi connectivity index (χ3v) is 3.62. The number of halogens is 1. The van der Waals surface area contributed by atoms with E-state index in [2.05, 4.69) is 10.2 Å². The number of sulfonamides is 1. The van der Waals surface area contributed by atoms with Gasteiger partial charge in [-0.15, -0.1) is 11.6 Å². The minimum Gasteiger partial charge on any atom is -0.284 e. The Balaban J connectivity index is 2.86. The minimum atomic E-state index is -3.44. The van der Waals surface area contributed by atoms with Crippen molar-refractivity contribution in [3.8, 4) is 0 Å². The molecule has 1 N–H and O–H groups in total. The van der Waals surface area contributed by atoms with Crippen LogP contribution >= 0.6 is 11.6 Å². The molecule has 1 atom stereocenters. The van der Waals surface area contributed by atoms with Gasteiger partial charge in [-0.25, -0.2) is 8.42 Å². The molecule has 1 unspecified atom stereocenters. The molecule has 7 heteroatoms. The van der Waals surface area contributed by atoms with Crippen LogP contribution in [0, 0.1) is 0 Å². The summed E-state index contributed by atoms with van der Waals surface area (Å²) in [5.41, 5.74) is 0. The van der Waals surface area contributed by atoms with E-state index in [1.54, 1.807) is 6.92 Å². The summed E-state index contributed by atoms with van der Waals surface area (Å²) in [5, 5.41) is 5.82. The van der Waals surface area contributed by atoms with Crippen LogP contribution in [0.25, 0.3) is 0 Å². The monoisotopic (exact) mass is 237 g/mol. The molecular weight excluding hydrogens is 226 g/mol. The summed E-state index contributed by atoms with van der Waals surface area (Å²) in [6.07, 6.45) is 2.61. The van der Waals surface area contributed by atoms with Gasteiger partial charge in [-0.3, -0.25) is 5.10 Å². The Labute approximate surface area is 88.1 Å². The number of nitrogens with zero attached hydrogens (tertiary/aromatic N) is 2. The zero-order valence-electron chi connectivity index (χ0n) is 7.94. The summed E-state index contributed by atoms with van der Waals surface area (Å²) in [4.78, 5) is 0.150. The van der Waals surface area contributed by atoms with Crippen molar-refractivity contribution in [2.75, 3.05) is 13.6 Å². The van der Waals surface area contributed by atoms with Gasteiger partial charge in [0.1, 0.15) is 4.90 Å². The molecule has 0 aliphatic rings. The molecule has 5 nitrogen and oxygen atoms in total. The Morgan fingerprint density at radius 2 is 2.36 bits per heavy atom. The van der Waals surface area contributed by atoms with Crippen LogP contribution in [0.5, 0.6) is 0 Å². The topological polar surface area (TPSA) is 66.1 Å². The number of H-pyrrole nitrogens is 1. The molecule has 1 heterocycles. The lowest BCUT2D eigenvalue weighted by Crippen LogP contribution is -2.31. The van der Waals surface area contributed by atoms with Crippen LogP contribution in [0.3, 0.4) is 0 Å². The van der Waals surface area contributed by atoms with E-state index in [4.69, 9.17) is 11.6 Å². The fraction of sp³-hybridized carbons (Fsp3) is 0.571. The molecule has 14 heavy (non-hydrogen) atoms. The van der Waals surface area contributed by atoms with Crippen LogP contribution in [0.15, 0.2) is 17.3 Å². The second-order valence-corrected chi connectivity index (χ2v) is 5.79. The van der Waals surface area contributed by atoms with Gasteiger partial charge in [0.15, 0.2) is 0 Å². The molecule has 0 bridgehead atoms. The molecule has 0 aliphatic carbocycles. The van der Waals surface area contributed by atoms with Gasteiger partial charge in [-0.05, 0) is 6.92 Å². The third kappa shape index (κ3) is 2.46. The number of hydrogen-bond donors (Lipinski definition) is 1. The molecule has 0 spiro atoms. The van der Waals surface area contributed by atoms with E-state index in [0.717, 1.165) is 0 Å². The van der Waals surface area contributed by atoms with E-state index in [1.807, 2.05) is 0 Å². The summed E-state index contributed by atoms with van der Waals surface area (Å²) in [6.45, 7) is 2.01. The smallest absolute Gasteiger partial charge is 0.245 e. The predicted molar refractivity (Wildman–Crippen MR) is 53.7 cm³/mol. The third-order valence-electron chi connectivity index (χ3n) is 1.69. The van der Waals surface area contributed by atoms with Gasteiger partial charge in [-0.1, -0.05) is 0 Å². The van der Waals surface area contributed by atoms with Gasteiger partial charge in [0.25, 0.3) is 0 Å². The normalized spacial score (nSPS) is 14.6. The summed E-state index contributed by atoms with van der Waals surface area (Å²) < 4.78 is 24.7. The predicted octanol–water partition coefficient (Wildman–Crippen LogP) is 0.658. The van der Waals surface area contributed by atoms with Crippen molar-refractivity contribution < 1.29 is 8.42 Å². The molecule has 0 aromatic carbocycles. The van der Waals surface area contributed by atoms with Crippen molar-refractivity contribution in [2.24, 2.45) is 0 Å². The number of hydrogen-bond acceptors (Lipinski definition) is 3. The second-order valence-electron chi connectivity index (χ2n) is 3.00. The lowest BCUT2D eigenvalue weighted by atomic mass is 10.5. The standard InChI is InChI=1S/C7H12ClN3O2S/c1-6(8)5-11(2)14(12,13)7-3-9-10-4-7/h3-4,6H,5H2,1-2H3,(H,9,10). The van der Waals surface area contributed by atoms with Crippen LogP contribution in [-0.2, 0) is 10.0 Å². The SMILES string of the molecule is CC(Cl)CN(C)S(=O)(=O)c1cn[nH]c1. The molecule has 0 radical (unpaired) electrons. The van der Waals surface area contributed by atoms with E-state index < -0.39 is 10.0 Å². The molecule has 80 valence electrons. The molecule has 0 amide bonds. The molecule has 0 saturated carbocycles. The van der Waals surface area contributed by atoms with E-state index in [0.29, 0.717) is 0 Å². The average Bonchev–Trinajstić information content (AvgIpc) is 2.54. The number of rotatable bonds is 4. The maximum Gasteiger partial charge on any atom is 0.245 e. The van der Waals surface area contributed by atoms with Crippen LogP contribution in [-0.4, -0.2) is 41.9 Å². The lowest BCUT2D eigenvalue weighted by molar-refractivity contribution is 0.470. The van der Waals surface area contributed by atoms with Gasteiger partial charge < -0.3 is 0 Å². The van der Waals surface area contributed by atoms with Gasteiger partial charge in [0.05, 0.1) is 6.20 Å². The molecule has 1 rings (SSSR count). The van der Waals surface area contributed by atoms with Gasteiger partial charge >= 0.3 is 0 Å². The fourth-order valence-corrected chi connectivity index (χ4v) is 2.47. The first kappa shape index (κ1) is 11.5. The first-order valence-electron chi connectivity index (χ1n) is 4.04. The highest BCUT2D eigenvalue weighted by Crippen LogP contribution is 2.12. The summed E-state index contributed by atoms with van der Waals surface area (Å²) in [5.74, 6) is 0. The zero-order chi connectivity index (χ0) is 10.8. The molecule has 0 saturated heterocycles. The number of aromatic amines is 1. The highest BCUT2D eigenvalue weighted by molar-refractivity contribution is 7.89. The minimum absolute atomic E-state index is 0.150. The van der Waals surface area contributed by atoms with Crippen molar-refractivity contribution >= 4 is 21.6 Å². The molecule has 0 fully saturated rings. The first-order chi connectivity index (χ1) is 6.44. The largest absolute Gasteiger partial charge is 0.284 e. The first-order valence-corrected chi connectivity index (χ1v) is 5.91. The van der Waals surface area contributed by atoms with Crippen LogP contribution in [0.4, 0.5) is 0 Å². The Bertz CT molecular complexity index is 374. The van der Waals surface area contributed by atoms with Crippen LogP contribution < -0.4 is 0 Å². The van der Waals surface area contributed by atoms with Crippen molar-refractivity contribution in [2.45, 2.75) is 17.2 Å². The van der Waals surface area contributed by atoms with Crippen molar-refractivity contribution in [3.05, 3.63) is 12.4 Å². The highest BCUT2D eigenvalue weighted by atomic mass is 35.5.